The molecular weight excluding hydrogens is 408 g/mol. The summed E-state index contributed by atoms with van der Waals surface area (Å²) in [4.78, 5) is 12.6. The van der Waals surface area contributed by atoms with Crippen molar-refractivity contribution in [2.75, 3.05) is 5.32 Å². The van der Waals surface area contributed by atoms with E-state index in [4.69, 9.17) is 17.0 Å². The molecule has 0 bridgehead atoms. The van der Waals surface area contributed by atoms with Crippen molar-refractivity contribution in [2.45, 2.75) is 32.8 Å². The number of anilines is 1. The zero-order chi connectivity index (χ0) is 22.2. The van der Waals surface area contributed by atoms with E-state index in [1.54, 1.807) is 30.3 Å². The van der Waals surface area contributed by atoms with Crippen molar-refractivity contribution in [2.24, 2.45) is 0 Å². The number of phenolic OH excluding ortho intramolecular Hbond substituents is 1. The van der Waals surface area contributed by atoms with Crippen molar-refractivity contribution in [3.8, 4) is 11.5 Å². The predicted molar refractivity (Wildman–Crippen MR) is 128 cm³/mol. The van der Waals surface area contributed by atoms with Crippen LogP contribution in [0.4, 0.5) is 5.69 Å². The molecule has 1 amide bonds. The molecule has 1 atom stereocenters. The maximum atomic E-state index is 12.6. The first-order chi connectivity index (χ1) is 15.0. The molecule has 0 aliphatic rings. The molecule has 160 valence electrons. The van der Waals surface area contributed by atoms with Gasteiger partial charge in [-0.3, -0.25) is 10.1 Å². The van der Waals surface area contributed by atoms with Gasteiger partial charge in [0.2, 0.25) is 0 Å². The second-order valence-electron chi connectivity index (χ2n) is 7.30. The monoisotopic (exact) mass is 434 g/mol. The summed E-state index contributed by atoms with van der Waals surface area (Å²) < 4.78 is 5.78. The molecule has 0 heterocycles. The molecule has 3 aromatic carbocycles. The third kappa shape index (κ3) is 6.30. The second kappa shape index (κ2) is 10.6. The molecule has 0 radical (unpaired) electrons. The fourth-order valence-electron chi connectivity index (χ4n) is 2.99. The first kappa shape index (κ1) is 22.3. The lowest BCUT2D eigenvalue weighted by Gasteiger charge is -2.15. The van der Waals surface area contributed by atoms with Crippen LogP contribution < -0.4 is 15.4 Å². The lowest BCUT2D eigenvalue weighted by molar-refractivity contribution is 0.0977. The highest BCUT2D eigenvalue weighted by Gasteiger charge is 2.12. The van der Waals surface area contributed by atoms with Gasteiger partial charge >= 0.3 is 0 Å². The molecule has 0 aliphatic carbocycles. The molecule has 31 heavy (non-hydrogen) atoms. The summed E-state index contributed by atoms with van der Waals surface area (Å²) in [6, 6.07) is 22.1. The summed E-state index contributed by atoms with van der Waals surface area (Å²) in [5, 5.41) is 15.8. The number of nitrogens with one attached hydrogen (secondary N) is 2. The van der Waals surface area contributed by atoms with Gasteiger partial charge in [0, 0.05) is 5.56 Å². The number of phenols is 1. The molecule has 0 saturated carbocycles. The number of rotatable bonds is 7. The van der Waals surface area contributed by atoms with Crippen LogP contribution in [0.5, 0.6) is 11.5 Å². The van der Waals surface area contributed by atoms with E-state index in [9.17, 15) is 9.90 Å². The maximum absolute atomic E-state index is 12.6. The van der Waals surface area contributed by atoms with Gasteiger partial charge in [0.15, 0.2) is 5.11 Å². The summed E-state index contributed by atoms with van der Waals surface area (Å²) in [6.45, 7) is 4.63. The van der Waals surface area contributed by atoms with Crippen molar-refractivity contribution in [3.05, 3.63) is 89.5 Å². The third-order valence-electron chi connectivity index (χ3n) is 5.02. The van der Waals surface area contributed by atoms with Crippen LogP contribution in [0.3, 0.4) is 0 Å². The highest BCUT2D eigenvalue weighted by Crippen LogP contribution is 2.29. The summed E-state index contributed by atoms with van der Waals surface area (Å²) >= 11 is 5.27. The Bertz CT molecular complexity index is 1050. The van der Waals surface area contributed by atoms with Gasteiger partial charge in [0.05, 0.1) is 5.69 Å². The number of hydrogen-bond acceptors (Lipinski definition) is 4. The van der Waals surface area contributed by atoms with Gasteiger partial charge < -0.3 is 15.2 Å². The average molecular weight is 435 g/mol. The average Bonchev–Trinajstić information content (AvgIpc) is 2.79. The Hall–Kier alpha value is -3.38. The minimum Gasteiger partial charge on any atom is -0.506 e. The molecule has 3 N–H and O–H groups in total. The van der Waals surface area contributed by atoms with Crippen LogP contribution in [0, 0.1) is 0 Å². The largest absolute Gasteiger partial charge is 0.506 e. The summed E-state index contributed by atoms with van der Waals surface area (Å²) in [5.74, 6) is 0.650. The SMILES string of the molecule is CC[C@@H](C)c1ccc(O)c(NC(=S)NC(=O)c2cccc(OCc3ccccc3)c2)c1. The van der Waals surface area contributed by atoms with Crippen LogP contribution in [-0.2, 0) is 6.61 Å². The quantitative estimate of drug-likeness (QED) is 0.333. The molecule has 0 fully saturated rings. The Morgan fingerprint density at radius 1 is 1.06 bits per heavy atom. The highest BCUT2D eigenvalue weighted by molar-refractivity contribution is 7.80. The Morgan fingerprint density at radius 2 is 1.84 bits per heavy atom. The van der Waals surface area contributed by atoms with Gasteiger partial charge in [-0.15, -0.1) is 0 Å². The van der Waals surface area contributed by atoms with Gasteiger partial charge in [-0.1, -0.05) is 56.3 Å². The minimum atomic E-state index is -0.361. The van der Waals surface area contributed by atoms with E-state index in [0.717, 1.165) is 17.5 Å². The smallest absolute Gasteiger partial charge is 0.257 e. The van der Waals surface area contributed by atoms with E-state index in [2.05, 4.69) is 24.5 Å². The van der Waals surface area contributed by atoms with Gasteiger partial charge in [0.25, 0.3) is 5.91 Å². The Labute approximate surface area is 188 Å². The molecule has 5 nitrogen and oxygen atoms in total. The van der Waals surface area contributed by atoms with E-state index in [0.29, 0.717) is 29.5 Å². The standard InChI is InChI=1S/C25H26N2O3S/c1-3-17(2)19-12-13-23(28)22(15-19)26-25(31)27-24(29)20-10-7-11-21(14-20)30-16-18-8-5-4-6-9-18/h4-15,17,28H,3,16H2,1-2H3,(H2,26,27,29,31)/t17-/m1/s1. The van der Waals surface area contributed by atoms with Crippen LogP contribution in [0.1, 0.15) is 47.7 Å². The van der Waals surface area contributed by atoms with E-state index in [1.165, 1.54) is 0 Å². The molecule has 0 saturated heterocycles. The number of hydrogen-bond donors (Lipinski definition) is 3. The lowest BCUT2D eigenvalue weighted by atomic mass is 9.98. The van der Waals surface area contributed by atoms with Crippen molar-refractivity contribution in [1.29, 1.82) is 0 Å². The van der Waals surface area contributed by atoms with E-state index < -0.39 is 0 Å². The fraction of sp³-hybridized carbons (Fsp3) is 0.200. The Kier molecular flexibility index (Phi) is 7.62. The molecule has 3 aromatic rings. The van der Waals surface area contributed by atoms with Crippen molar-refractivity contribution in [3.63, 3.8) is 0 Å². The van der Waals surface area contributed by atoms with Gasteiger partial charge in [-0.2, -0.15) is 0 Å². The summed E-state index contributed by atoms with van der Waals surface area (Å²) in [6.07, 6.45) is 0.980. The zero-order valence-electron chi connectivity index (χ0n) is 17.6. The summed E-state index contributed by atoms with van der Waals surface area (Å²) in [5.41, 5.74) is 3.01. The van der Waals surface area contributed by atoms with Gasteiger partial charge in [-0.05, 0) is 66.0 Å². The van der Waals surface area contributed by atoms with Crippen LogP contribution in [0.2, 0.25) is 0 Å². The lowest BCUT2D eigenvalue weighted by Crippen LogP contribution is -2.34. The van der Waals surface area contributed by atoms with Crippen molar-refractivity contribution < 1.29 is 14.6 Å². The van der Waals surface area contributed by atoms with E-state index >= 15 is 0 Å². The molecule has 3 rings (SSSR count). The van der Waals surface area contributed by atoms with Crippen LogP contribution in [0.15, 0.2) is 72.8 Å². The van der Waals surface area contributed by atoms with Crippen LogP contribution in [-0.4, -0.2) is 16.1 Å². The molecule has 0 aliphatic heterocycles. The molecule has 0 aromatic heterocycles. The predicted octanol–water partition coefficient (Wildman–Crippen LogP) is 5.61. The number of benzene rings is 3. The van der Waals surface area contributed by atoms with Crippen LogP contribution in [0.25, 0.3) is 0 Å². The first-order valence-electron chi connectivity index (χ1n) is 10.2. The van der Waals surface area contributed by atoms with E-state index in [-0.39, 0.29) is 16.8 Å². The van der Waals surface area contributed by atoms with E-state index in [1.807, 2.05) is 42.5 Å². The highest BCUT2D eigenvalue weighted by atomic mass is 32.1. The molecule has 6 heteroatoms. The number of carbonyl (C=O) groups is 1. The van der Waals surface area contributed by atoms with Crippen molar-refractivity contribution in [1.82, 2.24) is 5.32 Å². The zero-order valence-corrected chi connectivity index (χ0v) is 18.4. The number of carbonyl (C=O) groups excluding carboxylic acids is 1. The molecular formula is C25H26N2O3S. The normalized spacial score (nSPS) is 11.4. The number of thiocarbonyl (C=S) groups is 1. The number of ether oxygens (including phenoxy) is 1. The first-order valence-corrected chi connectivity index (χ1v) is 10.6. The maximum Gasteiger partial charge on any atom is 0.257 e. The van der Waals surface area contributed by atoms with Gasteiger partial charge in [0.1, 0.15) is 18.1 Å². The van der Waals surface area contributed by atoms with Gasteiger partial charge in [-0.25, -0.2) is 0 Å². The second-order valence-corrected chi connectivity index (χ2v) is 7.70. The number of aromatic hydroxyl groups is 1. The fourth-order valence-corrected chi connectivity index (χ4v) is 3.20. The van der Waals surface area contributed by atoms with Crippen LogP contribution >= 0.6 is 12.2 Å². The van der Waals surface area contributed by atoms with Crippen molar-refractivity contribution >= 4 is 28.9 Å². The third-order valence-corrected chi connectivity index (χ3v) is 5.23. The minimum absolute atomic E-state index is 0.0694. The Morgan fingerprint density at radius 3 is 2.58 bits per heavy atom. The topological polar surface area (TPSA) is 70.6 Å². The summed E-state index contributed by atoms with van der Waals surface area (Å²) in [7, 11) is 0. The molecule has 0 spiro atoms. The number of amides is 1. The molecule has 0 unspecified atom stereocenters. The Balaban J connectivity index is 1.62.